The fourth-order valence-corrected chi connectivity index (χ4v) is 2.10. The zero-order chi connectivity index (χ0) is 15.8. The highest BCUT2D eigenvalue weighted by molar-refractivity contribution is 6.30. The van der Waals surface area contributed by atoms with Crippen molar-refractivity contribution in [2.24, 2.45) is 0 Å². The third kappa shape index (κ3) is 3.56. The van der Waals surface area contributed by atoms with Gasteiger partial charge in [-0.1, -0.05) is 32.4 Å². The number of anilines is 1. The molecule has 2 aromatic rings. The number of aryl methyl sites for hydroxylation is 1. The zero-order valence-electron chi connectivity index (χ0n) is 13.4. The van der Waals surface area contributed by atoms with Crippen molar-refractivity contribution in [1.29, 1.82) is 0 Å². The van der Waals surface area contributed by atoms with E-state index < -0.39 is 0 Å². The molecule has 1 atom stereocenters. The molecule has 0 spiro atoms. The van der Waals surface area contributed by atoms with E-state index in [1.807, 2.05) is 32.9 Å². The highest BCUT2D eigenvalue weighted by atomic mass is 35.5. The number of furan rings is 1. The average molecular weight is 308 g/mol. The SMILES string of the molecule is Cc1ccc(C(C)Nc2nc(C(C)(C)C)nc(Cl)c2C)o1. The molecule has 0 aliphatic rings. The van der Waals surface area contributed by atoms with Crippen LogP contribution in [-0.2, 0) is 5.41 Å². The summed E-state index contributed by atoms with van der Waals surface area (Å²) in [7, 11) is 0. The molecule has 1 N–H and O–H groups in total. The second kappa shape index (κ2) is 5.68. The monoisotopic (exact) mass is 307 g/mol. The summed E-state index contributed by atoms with van der Waals surface area (Å²) in [6, 6.07) is 3.93. The Hall–Kier alpha value is -1.55. The molecule has 2 aromatic heterocycles. The molecule has 2 rings (SSSR count). The van der Waals surface area contributed by atoms with E-state index in [1.165, 1.54) is 0 Å². The highest BCUT2D eigenvalue weighted by Crippen LogP contribution is 2.28. The summed E-state index contributed by atoms with van der Waals surface area (Å²) in [5.41, 5.74) is 0.693. The van der Waals surface area contributed by atoms with Crippen LogP contribution in [0.1, 0.15) is 56.6 Å². The molecule has 0 saturated carbocycles. The first-order chi connectivity index (χ1) is 9.68. The Kier molecular flexibility index (Phi) is 4.28. The molecular formula is C16H22ClN3O. The first-order valence-electron chi connectivity index (χ1n) is 7.06. The lowest BCUT2D eigenvalue weighted by Gasteiger charge is -2.21. The van der Waals surface area contributed by atoms with Gasteiger partial charge in [0.2, 0.25) is 0 Å². The van der Waals surface area contributed by atoms with Gasteiger partial charge in [-0.2, -0.15) is 0 Å². The average Bonchev–Trinajstić information content (AvgIpc) is 2.80. The lowest BCUT2D eigenvalue weighted by molar-refractivity contribution is 0.466. The fraction of sp³-hybridized carbons (Fsp3) is 0.500. The topological polar surface area (TPSA) is 51.0 Å². The number of aromatic nitrogens is 2. The molecule has 0 aromatic carbocycles. The van der Waals surface area contributed by atoms with Crippen LogP contribution in [0.25, 0.3) is 0 Å². The van der Waals surface area contributed by atoms with Gasteiger partial charge in [-0.3, -0.25) is 0 Å². The highest BCUT2D eigenvalue weighted by Gasteiger charge is 2.21. The van der Waals surface area contributed by atoms with Crippen LogP contribution >= 0.6 is 11.6 Å². The maximum absolute atomic E-state index is 6.24. The maximum Gasteiger partial charge on any atom is 0.137 e. The van der Waals surface area contributed by atoms with Crippen LogP contribution in [0, 0.1) is 13.8 Å². The summed E-state index contributed by atoms with van der Waals surface area (Å²) in [5.74, 6) is 3.25. The predicted molar refractivity (Wildman–Crippen MR) is 86.0 cm³/mol. The number of halogens is 1. The van der Waals surface area contributed by atoms with Gasteiger partial charge in [-0.25, -0.2) is 9.97 Å². The van der Waals surface area contributed by atoms with Crippen molar-refractivity contribution >= 4 is 17.4 Å². The number of rotatable bonds is 3. The summed E-state index contributed by atoms with van der Waals surface area (Å²) >= 11 is 6.24. The quantitative estimate of drug-likeness (QED) is 0.827. The molecule has 4 nitrogen and oxygen atoms in total. The van der Waals surface area contributed by atoms with Gasteiger partial charge < -0.3 is 9.73 Å². The van der Waals surface area contributed by atoms with Gasteiger partial charge in [0.05, 0.1) is 6.04 Å². The van der Waals surface area contributed by atoms with Crippen LogP contribution in [0.4, 0.5) is 5.82 Å². The van der Waals surface area contributed by atoms with E-state index in [9.17, 15) is 0 Å². The van der Waals surface area contributed by atoms with Crippen LogP contribution in [-0.4, -0.2) is 9.97 Å². The fourth-order valence-electron chi connectivity index (χ4n) is 1.93. The van der Waals surface area contributed by atoms with Gasteiger partial charge in [0.25, 0.3) is 0 Å². The first kappa shape index (κ1) is 15.8. The molecule has 0 amide bonds. The largest absolute Gasteiger partial charge is 0.464 e. The van der Waals surface area contributed by atoms with Gasteiger partial charge in [0.15, 0.2) is 0 Å². The van der Waals surface area contributed by atoms with Gasteiger partial charge in [-0.15, -0.1) is 0 Å². The van der Waals surface area contributed by atoms with E-state index in [2.05, 4.69) is 36.1 Å². The van der Waals surface area contributed by atoms with E-state index in [0.29, 0.717) is 5.15 Å². The van der Waals surface area contributed by atoms with E-state index >= 15 is 0 Å². The molecule has 0 aliphatic heterocycles. The Balaban J connectivity index is 2.33. The Morgan fingerprint density at radius 1 is 1.19 bits per heavy atom. The van der Waals surface area contributed by atoms with E-state index in [0.717, 1.165) is 28.7 Å². The molecule has 0 saturated heterocycles. The Morgan fingerprint density at radius 3 is 2.38 bits per heavy atom. The second-order valence-electron chi connectivity index (χ2n) is 6.38. The van der Waals surface area contributed by atoms with E-state index in [1.54, 1.807) is 0 Å². The lowest BCUT2D eigenvalue weighted by atomic mass is 9.95. The smallest absolute Gasteiger partial charge is 0.137 e. The molecule has 21 heavy (non-hydrogen) atoms. The summed E-state index contributed by atoms with van der Waals surface area (Å²) in [5, 5.41) is 3.85. The van der Waals surface area contributed by atoms with Gasteiger partial charge in [0, 0.05) is 11.0 Å². The Morgan fingerprint density at radius 2 is 1.86 bits per heavy atom. The van der Waals surface area contributed by atoms with Gasteiger partial charge >= 0.3 is 0 Å². The molecule has 0 aliphatic carbocycles. The molecule has 2 heterocycles. The summed E-state index contributed by atoms with van der Waals surface area (Å²) in [6.45, 7) is 12.1. The summed E-state index contributed by atoms with van der Waals surface area (Å²) < 4.78 is 5.65. The lowest BCUT2D eigenvalue weighted by Crippen LogP contribution is -2.19. The maximum atomic E-state index is 6.24. The van der Waals surface area contributed by atoms with Crippen molar-refractivity contribution < 1.29 is 4.42 Å². The first-order valence-corrected chi connectivity index (χ1v) is 7.44. The minimum absolute atomic E-state index is 0.0104. The minimum atomic E-state index is -0.154. The standard InChI is InChI=1S/C16H22ClN3O/c1-9-7-8-12(21-9)11(3)18-14-10(2)13(17)19-15(20-14)16(4,5)6/h7-8,11H,1-6H3,(H,18,19,20). The predicted octanol–water partition coefficient (Wildman–Crippen LogP) is 4.81. The minimum Gasteiger partial charge on any atom is -0.464 e. The van der Waals surface area contributed by atoms with Gasteiger partial charge in [-0.05, 0) is 32.9 Å². The number of nitrogens with one attached hydrogen (secondary N) is 1. The normalized spacial score (nSPS) is 13.3. The Bertz CT molecular complexity index is 643. The van der Waals surface area contributed by atoms with Crippen molar-refractivity contribution in [3.63, 3.8) is 0 Å². The molecule has 1 unspecified atom stereocenters. The van der Waals surface area contributed by atoms with Crippen LogP contribution in [0.15, 0.2) is 16.5 Å². The Labute approximate surface area is 130 Å². The van der Waals surface area contributed by atoms with E-state index in [4.69, 9.17) is 16.0 Å². The molecule has 5 heteroatoms. The number of hydrogen-bond acceptors (Lipinski definition) is 4. The van der Waals surface area contributed by atoms with Crippen molar-refractivity contribution in [3.8, 4) is 0 Å². The molecular weight excluding hydrogens is 286 g/mol. The molecule has 0 bridgehead atoms. The molecule has 114 valence electrons. The molecule has 0 radical (unpaired) electrons. The molecule has 0 fully saturated rings. The summed E-state index contributed by atoms with van der Waals surface area (Å²) in [4.78, 5) is 9.01. The van der Waals surface area contributed by atoms with Crippen molar-refractivity contribution in [1.82, 2.24) is 9.97 Å². The van der Waals surface area contributed by atoms with Crippen molar-refractivity contribution in [2.45, 2.75) is 53.0 Å². The third-order valence-electron chi connectivity index (χ3n) is 3.30. The van der Waals surface area contributed by atoms with Crippen molar-refractivity contribution in [2.75, 3.05) is 5.32 Å². The third-order valence-corrected chi connectivity index (χ3v) is 3.67. The van der Waals surface area contributed by atoms with Crippen LogP contribution in [0.3, 0.4) is 0 Å². The van der Waals surface area contributed by atoms with Crippen LogP contribution < -0.4 is 5.32 Å². The number of nitrogens with zero attached hydrogens (tertiary/aromatic N) is 2. The van der Waals surface area contributed by atoms with Crippen LogP contribution in [0.2, 0.25) is 5.15 Å². The van der Waals surface area contributed by atoms with Crippen molar-refractivity contribution in [3.05, 3.63) is 40.2 Å². The van der Waals surface area contributed by atoms with E-state index in [-0.39, 0.29) is 11.5 Å². The summed E-state index contributed by atoms with van der Waals surface area (Å²) in [6.07, 6.45) is 0. The van der Waals surface area contributed by atoms with Crippen LogP contribution in [0.5, 0.6) is 0 Å². The second-order valence-corrected chi connectivity index (χ2v) is 6.73. The van der Waals surface area contributed by atoms with Gasteiger partial charge in [0.1, 0.15) is 28.3 Å². The number of hydrogen-bond donors (Lipinski definition) is 1. The zero-order valence-corrected chi connectivity index (χ0v) is 14.2.